The van der Waals surface area contributed by atoms with Gasteiger partial charge in [-0.05, 0) is 36.8 Å². The standard InChI is InChI=1S/C22H26FN5O/c1-3-24-22(25-12-17-9-10-21(23)19(11-17)16-29)27(2)14-18-13-26-28(15-18)20-7-5-4-6-8-20/h4-11,13,15,29H,3,12,14,16H2,1-2H3,(H,24,25). The fourth-order valence-corrected chi connectivity index (χ4v) is 3.00. The van der Waals surface area contributed by atoms with Crippen LogP contribution in [0.3, 0.4) is 0 Å². The fraction of sp³-hybridized carbons (Fsp3) is 0.273. The molecule has 3 aromatic rings. The molecular formula is C22H26FN5O. The Balaban J connectivity index is 1.70. The van der Waals surface area contributed by atoms with E-state index >= 15 is 0 Å². The monoisotopic (exact) mass is 395 g/mol. The molecule has 3 rings (SSSR count). The summed E-state index contributed by atoms with van der Waals surface area (Å²) >= 11 is 0. The number of aliphatic hydroxyl groups excluding tert-OH is 1. The van der Waals surface area contributed by atoms with E-state index < -0.39 is 5.82 Å². The molecule has 0 aliphatic rings. The molecule has 0 saturated carbocycles. The smallest absolute Gasteiger partial charge is 0.194 e. The second-order valence-electron chi connectivity index (χ2n) is 6.74. The molecule has 0 unspecified atom stereocenters. The first-order valence-corrected chi connectivity index (χ1v) is 9.57. The van der Waals surface area contributed by atoms with Gasteiger partial charge in [0.15, 0.2) is 5.96 Å². The van der Waals surface area contributed by atoms with Gasteiger partial charge < -0.3 is 15.3 Å². The van der Waals surface area contributed by atoms with Gasteiger partial charge in [-0.2, -0.15) is 5.10 Å². The molecule has 0 bridgehead atoms. The van der Waals surface area contributed by atoms with E-state index in [0.29, 0.717) is 13.1 Å². The van der Waals surface area contributed by atoms with Gasteiger partial charge in [0.2, 0.25) is 0 Å². The molecule has 7 heteroatoms. The van der Waals surface area contributed by atoms with Crippen molar-refractivity contribution in [3.8, 4) is 5.69 Å². The van der Waals surface area contributed by atoms with Gasteiger partial charge in [-0.1, -0.05) is 24.3 Å². The first-order chi connectivity index (χ1) is 14.1. The summed E-state index contributed by atoms with van der Waals surface area (Å²) in [7, 11) is 1.96. The van der Waals surface area contributed by atoms with Crippen LogP contribution in [0.25, 0.3) is 5.69 Å². The molecule has 1 aromatic heterocycles. The van der Waals surface area contributed by atoms with Crippen LogP contribution in [0.1, 0.15) is 23.6 Å². The second kappa shape index (κ2) is 9.84. The van der Waals surface area contributed by atoms with Crippen molar-refractivity contribution in [2.24, 2.45) is 4.99 Å². The van der Waals surface area contributed by atoms with E-state index in [2.05, 4.69) is 15.4 Å². The minimum Gasteiger partial charge on any atom is -0.392 e. The molecule has 2 N–H and O–H groups in total. The van der Waals surface area contributed by atoms with Crippen LogP contribution < -0.4 is 5.32 Å². The van der Waals surface area contributed by atoms with Crippen molar-refractivity contribution in [3.63, 3.8) is 0 Å². The Bertz CT molecular complexity index is 955. The fourth-order valence-electron chi connectivity index (χ4n) is 3.00. The number of hydrogen-bond acceptors (Lipinski definition) is 3. The lowest BCUT2D eigenvalue weighted by molar-refractivity contribution is 0.275. The first kappa shape index (κ1) is 20.5. The zero-order valence-electron chi connectivity index (χ0n) is 16.7. The summed E-state index contributed by atoms with van der Waals surface area (Å²) < 4.78 is 15.4. The lowest BCUT2D eigenvalue weighted by atomic mass is 10.1. The van der Waals surface area contributed by atoms with E-state index in [9.17, 15) is 9.50 Å². The SMILES string of the molecule is CCNC(=NCc1ccc(F)c(CO)c1)N(C)Cc1cnn(-c2ccccc2)c1. The van der Waals surface area contributed by atoms with Gasteiger partial charge in [-0.3, -0.25) is 0 Å². The lowest BCUT2D eigenvalue weighted by Crippen LogP contribution is -2.38. The number of halogens is 1. The lowest BCUT2D eigenvalue weighted by Gasteiger charge is -2.21. The number of guanidine groups is 1. The van der Waals surface area contributed by atoms with Gasteiger partial charge in [-0.25, -0.2) is 14.1 Å². The zero-order valence-corrected chi connectivity index (χ0v) is 16.7. The highest BCUT2D eigenvalue weighted by Crippen LogP contribution is 2.12. The molecule has 2 aromatic carbocycles. The number of aromatic nitrogens is 2. The number of nitrogens with one attached hydrogen (secondary N) is 1. The minimum atomic E-state index is -0.403. The molecule has 0 amide bonds. The van der Waals surface area contributed by atoms with Crippen LogP contribution in [0.2, 0.25) is 0 Å². The quantitative estimate of drug-likeness (QED) is 0.477. The predicted molar refractivity (Wildman–Crippen MR) is 112 cm³/mol. The van der Waals surface area contributed by atoms with Crippen LogP contribution in [0.4, 0.5) is 4.39 Å². The van der Waals surface area contributed by atoms with Crippen molar-refractivity contribution < 1.29 is 9.50 Å². The maximum Gasteiger partial charge on any atom is 0.194 e. The number of para-hydroxylation sites is 1. The third kappa shape index (κ3) is 5.42. The maximum absolute atomic E-state index is 13.6. The van der Waals surface area contributed by atoms with Gasteiger partial charge in [0.1, 0.15) is 5.82 Å². The van der Waals surface area contributed by atoms with Crippen LogP contribution in [-0.2, 0) is 19.7 Å². The van der Waals surface area contributed by atoms with E-state index in [1.165, 1.54) is 6.07 Å². The van der Waals surface area contributed by atoms with Crippen LogP contribution in [0, 0.1) is 5.82 Å². The van der Waals surface area contributed by atoms with Crippen molar-refractivity contribution in [1.29, 1.82) is 0 Å². The highest BCUT2D eigenvalue weighted by molar-refractivity contribution is 5.79. The van der Waals surface area contributed by atoms with Crippen molar-refractivity contribution >= 4 is 5.96 Å². The van der Waals surface area contributed by atoms with E-state index in [1.54, 1.807) is 12.1 Å². The van der Waals surface area contributed by atoms with Crippen LogP contribution >= 0.6 is 0 Å². The molecular weight excluding hydrogens is 369 g/mol. The maximum atomic E-state index is 13.6. The summed E-state index contributed by atoms with van der Waals surface area (Å²) in [5.74, 6) is 0.342. The Labute approximate surface area is 170 Å². The van der Waals surface area contributed by atoms with Gasteiger partial charge in [-0.15, -0.1) is 0 Å². The molecule has 29 heavy (non-hydrogen) atoms. The third-order valence-electron chi connectivity index (χ3n) is 4.46. The molecule has 0 spiro atoms. The number of rotatable bonds is 7. The molecule has 0 aliphatic carbocycles. The van der Waals surface area contributed by atoms with Crippen molar-refractivity contribution in [1.82, 2.24) is 20.0 Å². The van der Waals surface area contributed by atoms with Crippen LogP contribution in [-0.4, -0.2) is 39.3 Å². The molecule has 1 heterocycles. The Morgan fingerprint density at radius 3 is 2.72 bits per heavy atom. The Morgan fingerprint density at radius 2 is 2.00 bits per heavy atom. The third-order valence-corrected chi connectivity index (χ3v) is 4.46. The zero-order chi connectivity index (χ0) is 20.6. The molecule has 0 atom stereocenters. The van der Waals surface area contributed by atoms with Crippen molar-refractivity contribution in [3.05, 3.63) is 83.4 Å². The molecule has 6 nitrogen and oxygen atoms in total. The number of hydrogen-bond donors (Lipinski definition) is 2. The highest BCUT2D eigenvalue weighted by atomic mass is 19.1. The van der Waals surface area contributed by atoms with Crippen molar-refractivity contribution in [2.75, 3.05) is 13.6 Å². The molecule has 0 radical (unpaired) electrons. The second-order valence-corrected chi connectivity index (χ2v) is 6.74. The molecule has 0 saturated heterocycles. The summed E-state index contributed by atoms with van der Waals surface area (Å²) in [6, 6.07) is 14.7. The topological polar surface area (TPSA) is 65.7 Å². The van der Waals surface area contributed by atoms with Crippen molar-refractivity contribution in [2.45, 2.75) is 26.6 Å². The summed E-state index contributed by atoms with van der Waals surface area (Å²) in [4.78, 5) is 6.67. The first-order valence-electron chi connectivity index (χ1n) is 9.57. The van der Waals surface area contributed by atoms with E-state index in [-0.39, 0.29) is 12.2 Å². The van der Waals surface area contributed by atoms with E-state index in [4.69, 9.17) is 0 Å². The number of aliphatic hydroxyl groups is 1. The molecule has 0 fully saturated rings. The number of nitrogens with zero attached hydrogens (tertiary/aromatic N) is 4. The summed E-state index contributed by atoms with van der Waals surface area (Å²) in [5, 5.41) is 16.9. The number of aliphatic imine (C=N–C) groups is 1. The van der Waals surface area contributed by atoms with Crippen LogP contribution in [0.15, 0.2) is 65.9 Å². The van der Waals surface area contributed by atoms with Gasteiger partial charge in [0.05, 0.1) is 25.0 Å². The summed E-state index contributed by atoms with van der Waals surface area (Å²) in [5.41, 5.74) is 3.20. The minimum absolute atomic E-state index is 0.282. The average molecular weight is 395 g/mol. The summed E-state index contributed by atoms with van der Waals surface area (Å²) in [6.07, 6.45) is 3.85. The average Bonchev–Trinajstić information content (AvgIpc) is 3.21. The molecule has 0 aliphatic heterocycles. The van der Waals surface area contributed by atoms with E-state index in [1.807, 2.05) is 66.3 Å². The Hall–Kier alpha value is -3.19. The van der Waals surface area contributed by atoms with Gasteiger partial charge in [0, 0.05) is 37.5 Å². The summed E-state index contributed by atoms with van der Waals surface area (Å²) in [6.45, 7) is 3.46. The van der Waals surface area contributed by atoms with E-state index in [0.717, 1.165) is 29.3 Å². The highest BCUT2D eigenvalue weighted by Gasteiger charge is 2.09. The Kier molecular flexibility index (Phi) is 6.97. The Morgan fingerprint density at radius 1 is 1.21 bits per heavy atom. The molecule has 152 valence electrons. The largest absolute Gasteiger partial charge is 0.392 e. The van der Waals surface area contributed by atoms with Crippen LogP contribution in [0.5, 0.6) is 0 Å². The van der Waals surface area contributed by atoms with Gasteiger partial charge in [0.25, 0.3) is 0 Å². The van der Waals surface area contributed by atoms with Gasteiger partial charge >= 0.3 is 0 Å². The normalized spacial score (nSPS) is 11.5. The number of benzene rings is 2. The predicted octanol–water partition coefficient (Wildman–Crippen LogP) is 3.10.